The fourth-order valence-corrected chi connectivity index (χ4v) is 7.26. The number of carbonyl (C=O) groups is 4. The number of hydrogen-bond donors (Lipinski definition) is 3. The van der Waals surface area contributed by atoms with E-state index >= 15 is 0 Å². The van der Waals surface area contributed by atoms with Gasteiger partial charge in [-0.05, 0) is 73.2 Å². The molecule has 2 unspecified atom stereocenters. The van der Waals surface area contributed by atoms with Gasteiger partial charge in [0.15, 0.2) is 6.29 Å². The molecule has 4 aromatic carbocycles. The Kier molecular flexibility index (Phi) is 15.6. The number of fused-ring (bicyclic) bond motifs is 3. The average molecular weight is 844 g/mol. The molecule has 0 saturated heterocycles. The summed E-state index contributed by atoms with van der Waals surface area (Å²) >= 11 is 3.46. The summed E-state index contributed by atoms with van der Waals surface area (Å²) in [6.07, 6.45) is -2.78. The van der Waals surface area contributed by atoms with E-state index in [1.54, 1.807) is 17.0 Å². The third-order valence-corrected chi connectivity index (χ3v) is 10.3. The maximum Gasteiger partial charge on any atom is 0.408 e. The average Bonchev–Trinajstić information content (AvgIpc) is 3.52. The molecule has 0 fully saturated rings. The van der Waals surface area contributed by atoms with Crippen LogP contribution in [0.3, 0.4) is 0 Å². The second-order valence-electron chi connectivity index (χ2n) is 14.0. The van der Waals surface area contributed by atoms with Crippen molar-refractivity contribution in [2.24, 2.45) is 0 Å². The van der Waals surface area contributed by atoms with E-state index in [1.165, 1.54) is 0 Å². The van der Waals surface area contributed by atoms with Gasteiger partial charge in [-0.15, -0.1) is 0 Å². The zero-order chi connectivity index (χ0) is 40.9. The van der Waals surface area contributed by atoms with Crippen molar-refractivity contribution in [1.82, 2.24) is 20.4 Å². The van der Waals surface area contributed by atoms with Crippen LogP contribution in [-0.2, 0) is 36.8 Å². The molecule has 1 aliphatic rings. The second kappa shape index (κ2) is 20.8. The Hall–Kier alpha value is -5.24. The van der Waals surface area contributed by atoms with Gasteiger partial charge in [0.05, 0.1) is 13.1 Å². The minimum atomic E-state index is -1.44. The fraction of sp³-hybridized carbons (Fsp3) is 0.364. The van der Waals surface area contributed by atoms with Gasteiger partial charge in [0.2, 0.25) is 11.8 Å². The van der Waals surface area contributed by atoms with Gasteiger partial charge >= 0.3 is 12.2 Å². The minimum Gasteiger partial charge on any atom is -0.465 e. The van der Waals surface area contributed by atoms with Crippen LogP contribution in [0, 0.1) is 0 Å². The topological polar surface area (TPSA) is 147 Å². The van der Waals surface area contributed by atoms with Gasteiger partial charge in [-0.2, -0.15) is 0 Å². The highest BCUT2D eigenvalue weighted by Gasteiger charge is 2.36. The number of alkyl carbamates (subject to hydrolysis) is 1. The molecule has 1 aliphatic carbocycles. The molecule has 4 aromatic rings. The van der Waals surface area contributed by atoms with E-state index in [0.717, 1.165) is 42.8 Å². The number of rotatable bonds is 19. The van der Waals surface area contributed by atoms with Gasteiger partial charge in [0.1, 0.15) is 18.7 Å². The summed E-state index contributed by atoms with van der Waals surface area (Å²) in [7, 11) is 0. The lowest BCUT2D eigenvalue weighted by atomic mass is 9.96. The number of nitrogens with one attached hydrogen (secondary N) is 2. The molecule has 0 spiro atoms. The molecule has 2 atom stereocenters. The maximum absolute atomic E-state index is 14.5. The van der Waals surface area contributed by atoms with Crippen molar-refractivity contribution in [3.05, 3.63) is 130 Å². The normalized spacial score (nSPS) is 13.0. The first kappa shape index (κ1) is 42.9. The van der Waals surface area contributed by atoms with Crippen molar-refractivity contribution >= 4 is 39.9 Å². The number of amides is 4. The van der Waals surface area contributed by atoms with Crippen LogP contribution in [0.4, 0.5) is 9.59 Å². The van der Waals surface area contributed by atoms with E-state index in [9.17, 15) is 24.3 Å². The maximum atomic E-state index is 14.5. The number of carboxylic acid groups (broad SMARTS) is 1. The van der Waals surface area contributed by atoms with Crippen molar-refractivity contribution in [1.29, 1.82) is 0 Å². The van der Waals surface area contributed by atoms with E-state index in [4.69, 9.17) is 14.2 Å². The zero-order valence-corrected chi connectivity index (χ0v) is 34.3. The molecular formula is C44H51BrN4O8. The summed E-state index contributed by atoms with van der Waals surface area (Å²) in [6.45, 7) is 7.76. The fourth-order valence-electron chi connectivity index (χ4n) is 7.00. The molecule has 57 heavy (non-hydrogen) atoms. The van der Waals surface area contributed by atoms with Crippen LogP contribution in [0.25, 0.3) is 11.1 Å². The molecule has 3 N–H and O–H groups in total. The van der Waals surface area contributed by atoms with Gasteiger partial charge in [-0.1, -0.05) is 107 Å². The first-order chi connectivity index (χ1) is 27.5. The molecule has 302 valence electrons. The SMILES string of the molecule is CCOC(CN(C(=O)C(Cc1ccc(Br)cc1)NC(=O)C(CN(CC1c2ccccc2-c2ccccc21)C(=O)O)NC(=O)OCc1ccccc1)C(C)C)OCC. The smallest absolute Gasteiger partial charge is 0.408 e. The van der Waals surface area contributed by atoms with Crippen LogP contribution >= 0.6 is 15.9 Å². The summed E-state index contributed by atoms with van der Waals surface area (Å²) in [5.74, 6) is -1.47. The van der Waals surface area contributed by atoms with Crippen molar-refractivity contribution in [2.45, 2.75) is 71.1 Å². The largest absolute Gasteiger partial charge is 0.465 e. The molecule has 0 aromatic heterocycles. The van der Waals surface area contributed by atoms with Crippen molar-refractivity contribution in [2.75, 3.05) is 32.8 Å². The van der Waals surface area contributed by atoms with Gasteiger partial charge < -0.3 is 39.8 Å². The molecule has 0 heterocycles. The highest BCUT2D eigenvalue weighted by Crippen LogP contribution is 2.44. The molecule has 0 radical (unpaired) electrons. The number of halogens is 1. The number of carbonyl (C=O) groups excluding carboxylic acids is 3. The van der Waals surface area contributed by atoms with Crippen molar-refractivity contribution in [3.8, 4) is 11.1 Å². The third-order valence-electron chi connectivity index (χ3n) is 9.79. The zero-order valence-electron chi connectivity index (χ0n) is 32.7. The molecule has 0 bridgehead atoms. The lowest BCUT2D eigenvalue weighted by Crippen LogP contribution is -2.59. The predicted molar refractivity (Wildman–Crippen MR) is 221 cm³/mol. The number of ether oxygens (including phenoxy) is 3. The monoisotopic (exact) mass is 842 g/mol. The summed E-state index contributed by atoms with van der Waals surface area (Å²) in [5, 5.41) is 16.1. The lowest BCUT2D eigenvalue weighted by Gasteiger charge is -2.34. The van der Waals surface area contributed by atoms with Crippen LogP contribution in [0.1, 0.15) is 55.9 Å². The summed E-state index contributed by atoms with van der Waals surface area (Å²) < 4.78 is 17.9. The Bertz CT molecular complexity index is 1910. The highest BCUT2D eigenvalue weighted by molar-refractivity contribution is 9.10. The Balaban J connectivity index is 1.45. The van der Waals surface area contributed by atoms with E-state index in [0.29, 0.717) is 13.2 Å². The minimum absolute atomic E-state index is 0.00646. The summed E-state index contributed by atoms with van der Waals surface area (Å²) in [5.41, 5.74) is 5.45. The van der Waals surface area contributed by atoms with Crippen LogP contribution < -0.4 is 10.6 Å². The Morgan fingerprint density at radius 1 is 0.737 bits per heavy atom. The van der Waals surface area contributed by atoms with Crippen LogP contribution in [0.2, 0.25) is 0 Å². The lowest BCUT2D eigenvalue weighted by molar-refractivity contribution is -0.163. The first-order valence-electron chi connectivity index (χ1n) is 19.2. The van der Waals surface area contributed by atoms with Crippen LogP contribution in [0.5, 0.6) is 0 Å². The van der Waals surface area contributed by atoms with Crippen LogP contribution in [-0.4, -0.2) is 96.2 Å². The Morgan fingerprint density at radius 3 is 1.88 bits per heavy atom. The van der Waals surface area contributed by atoms with E-state index in [2.05, 4.69) is 26.6 Å². The van der Waals surface area contributed by atoms with Crippen molar-refractivity contribution in [3.63, 3.8) is 0 Å². The summed E-state index contributed by atoms with van der Waals surface area (Å²) in [6, 6.07) is 29.3. The van der Waals surface area contributed by atoms with E-state index in [-0.39, 0.29) is 38.1 Å². The number of hydrogen-bond acceptors (Lipinski definition) is 7. The second-order valence-corrected chi connectivity index (χ2v) is 14.9. The van der Waals surface area contributed by atoms with Gasteiger partial charge in [0.25, 0.3) is 0 Å². The van der Waals surface area contributed by atoms with Gasteiger partial charge in [-0.3, -0.25) is 9.59 Å². The molecular weight excluding hydrogens is 792 g/mol. The van der Waals surface area contributed by atoms with E-state index in [1.807, 2.05) is 119 Å². The molecule has 0 aliphatic heterocycles. The number of benzene rings is 4. The first-order valence-corrected chi connectivity index (χ1v) is 20.0. The quantitative estimate of drug-likeness (QED) is 0.0841. The van der Waals surface area contributed by atoms with Crippen LogP contribution in [0.15, 0.2) is 108 Å². The van der Waals surface area contributed by atoms with Gasteiger partial charge in [0, 0.05) is 42.6 Å². The molecule has 12 nitrogen and oxygen atoms in total. The van der Waals surface area contributed by atoms with E-state index < -0.39 is 48.9 Å². The molecule has 5 rings (SSSR count). The Labute approximate surface area is 342 Å². The van der Waals surface area contributed by atoms with Gasteiger partial charge in [-0.25, -0.2) is 9.59 Å². The highest BCUT2D eigenvalue weighted by atomic mass is 79.9. The molecule has 13 heteroatoms. The standard InChI is InChI=1S/C44H51BrN4O8/c1-5-55-40(56-6-2)27-49(29(3)4)42(51)38(24-30-20-22-32(45)23-21-30)46-41(50)39(47-43(52)57-28-31-14-8-7-9-15-31)26-48(44(53)54)25-37-35-18-12-10-16-33(35)34-17-11-13-19-36(34)37/h7-23,29,37-40H,5-6,24-28H2,1-4H3,(H,46,50)(H,47,52)(H,53,54). The molecule has 4 amide bonds. The van der Waals surface area contributed by atoms with Crippen molar-refractivity contribution < 1.29 is 38.5 Å². The number of nitrogens with zero attached hydrogens (tertiary/aromatic N) is 2. The molecule has 0 saturated carbocycles. The Morgan fingerprint density at radius 2 is 1.32 bits per heavy atom. The predicted octanol–water partition coefficient (Wildman–Crippen LogP) is 7.20. The third kappa shape index (κ3) is 11.7. The summed E-state index contributed by atoms with van der Waals surface area (Å²) in [4.78, 5) is 58.1.